The third kappa shape index (κ3) is 3.56. The summed E-state index contributed by atoms with van der Waals surface area (Å²) < 4.78 is 0. The summed E-state index contributed by atoms with van der Waals surface area (Å²) in [5.74, 6) is 0. The van der Waals surface area contributed by atoms with Crippen molar-refractivity contribution in [2.45, 2.75) is 19.3 Å². The molecule has 92 valence electrons. The predicted octanol–water partition coefficient (Wildman–Crippen LogP) is 2.09. The van der Waals surface area contributed by atoms with Gasteiger partial charge in [0.25, 0.3) is 0 Å². The van der Waals surface area contributed by atoms with Crippen molar-refractivity contribution >= 4 is 11.9 Å². The first-order valence-corrected chi connectivity index (χ1v) is 6.36. The molecule has 0 atom stereocenters. The van der Waals surface area contributed by atoms with Crippen LogP contribution in [0.2, 0.25) is 0 Å². The van der Waals surface area contributed by atoms with Crippen LogP contribution < -0.4 is 4.90 Å². The van der Waals surface area contributed by atoms with E-state index in [0.717, 1.165) is 5.56 Å². The molecule has 0 amide bonds. The van der Waals surface area contributed by atoms with Gasteiger partial charge in [-0.2, -0.15) is 0 Å². The van der Waals surface area contributed by atoms with Crippen LogP contribution in [0.3, 0.4) is 0 Å². The Balaban J connectivity index is 1.97. The molecule has 17 heavy (non-hydrogen) atoms. The van der Waals surface area contributed by atoms with Crippen LogP contribution in [0.1, 0.15) is 24.8 Å². The maximum Gasteiger partial charge on any atom is 0.0626 e. The highest BCUT2D eigenvalue weighted by molar-refractivity contribution is 5.80. The van der Waals surface area contributed by atoms with E-state index >= 15 is 0 Å². The van der Waals surface area contributed by atoms with Gasteiger partial charge in [-0.1, -0.05) is 12.1 Å². The zero-order valence-electron chi connectivity index (χ0n) is 10.2. The number of hydrogen-bond acceptors (Lipinski definition) is 3. The van der Waals surface area contributed by atoms with E-state index in [4.69, 9.17) is 5.11 Å². The minimum absolute atomic E-state index is 0.113. The Morgan fingerprint density at radius 3 is 2.47 bits per heavy atom. The van der Waals surface area contributed by atoms with E-state index in [-0.39, 0.29) is 6.61 Å². The standard InChI is InChI=1S/C14H20N2O/c17-11-8-15-12-13-4-6-14(7-5-13)16-9-2-1-3-10-16/h4-7,12,17H,1-3,8-11H2. The van der Waals surface area contributed by atoms with Crippen molar-refractivity contribution in [3.05, 3.63) is 29.8 Å². The second-order valence-electron chi connectivity index (χ2n) is 4.40. The molecule has 1 N–H and O–H groups in total. The first kappa shape index (κ1) is 12.1. The summed E-state index contributed by atoms with van der Waals surface area (Å²) in [6.07, 6.45) is 5.79. The highest BCUT2D eigenvalue weighted by Crippen LogP contribution is 2.19. The van der Waals surface area contributed by atoms with E-state index in [1.54, 1.807) is 0 Å². The van der Waals surface area contributed by atoms with Crippen molar-refractivity contribution in [3.63, 3.8) is 0 Å². The van der Waals surface area contributed by atoms with Gasteiger partial charge in [0.2, 0.25) is 0 Å². The number of aliphatic imine (C=N–C) groups is 1. The molecule has 1 aromatic carbocycles. The molecule has 3 nitrogen and oxygen atoms in total. The van der Waals surface area contributed by atoms with E-state index in [1.807, 2.05) is 6.21 Å². The number of anilines is 1. The van der Waals surface area contributed by atoms with Gasteiger partial charge >= 0.3 is 0 Å². The SMILES string of the molecule is OCCN=Cc1ccc(N2CCCCC2)cc1. The zero-order chi connectivity index (χ0) is 11.9. The lowest BCUT2D eigenvalue weighted by atomic mass is 10.1. The van der Waals surface area contributed by atoms with E-state index < -0.39 is 0 Å². The van der Waals surface area contributed by atoms with Crippen molar-refractivity contribution < 1.29 is 5.11 Å². The summed E-state index contributed by atoms with van der Waals surface area (Å²) in [7, 11) is 0. The second kappa shape index (κ2) is 6.40. The molecule has 0 radical (unpaired) electrons. The molecule has 0 aliphatic carbocycles. The quantitative estimate of drug-likeness (QED) is 0.807. The minimum atomic E-state index is 0.113. The molecule has 0 spiro atoms. The lowest BCUT2D eigenvalue weighted by molar-refractivity contribution is 0.307. The van der Waals surface area contributed by atoms with Crippen LogP contribution in [0.5, 0.6) is 0 Å². The Bertz CT molecular complexity index is 353. The fourth-order valence-electron chi connectivity index (χ4n) is 2.15. The van der Waals surface area contributed by atoms with Crippen LogP contribution in [0.15, 0.2) is 29.3 Å². The summed E-state index contributed by atoms with van der Waals surface area (Å²) in [5.41, 5.74) is 2.41. The number of rotatable bonds is 4. The van der Waals surface area contributed by atoms with Gasteiger partial charge < -0.3 is 10.0 Å². The van der Waals surface area contributed by atoms with Crippen LogP contribution >= 0.6 is 0 Å². The molecule has 0 bridgehead atoms. The molecule has 1 saturated heterocycles. The molecule has 0 unspecified atom stereocenters. The van der Waals surface area contributed by atoms with E-state index in [1.165, 1.54) is 38.0 Å². The Morgan fingerprint density at radius 2 is 1.82 bits per heavy atom. The molecule has 1 aromatic rings. The Labute approximate surface area is 103 Å². The fourth-order valence-corrected chi connectivity index (χ4v) is 2.15. The largest absolute Gasteiger partial charge is 0.394 e. The van der Waals surface area contributed by atoms with Gasteiger partial charge in [-0.05, 0) is 37.0 Å². The highest BCUT2D eigenvalue weighted by Gasteiger charge is 2.09. The van der Waals surface area contributed by atoms with E-state index in [0.29, 0.717) is 6.54 Å². The summed E-state index contributed by atoms with van der Waals surface area (Å²) in [6, 6.07) is 8.49. The lowest BCUT2D eigenvalue weighted by Gasteiger charge is -2.28. The third-order valence-electron chi connectivity index (χ3n) is 3.08. The number of nitrogens with zero attached hydrogens (tertiary/aromatic N) is 2. The van der Waals surface area contributed by atoms with Gasteiger partial charge in [-0.3, -0.25) is 4.99 Å². The number of hydrogen-bond donors (Lipinski definition) is 1. The molecule has 1 aliphatic heterocycles. The lowest BCUT2D eigenvalue weighted by Crippen LogP contribution is -2.29. The first-order chi connectivity index (χ1) is 8.40. The number of piperidine rings is 1. The Kier molecular flexibility index (Phi) is 4.56. The van der Waals surface area contributed by atoms with Crippen LogP contribution in [-0.4, -0.2) is 37.6 Å². The molecule has 2 rings (SSSR count). The molecular formula is C14H20N2O. The maximum atomic E-state index is 8.64. The van der Waals surface area contributed by atoms with Crippen LogP contribution in [0.4, 0.5) is 5.69 Å². The van der Waals surface area contributed by atoms with Crippen molar-refractivity contribution in [1.29, 1.82) is 0 Å². The molecule has 0 aromatic heterocycles. The summed E-state index contributed by atoms with van der Waals surface area (Å²) in [6.45, 7) is 2.95. The summed E-state index contributed by atoms with van der Waals surface area (Å²) in [5, 5.41) is 8.64. The number of benzene rings is 1. The van der Waals surface area contributed by atoms with Gasteiger partial charge in [-0.25, -0.2) is 0 Å². The Hall–Kier alpha value is -1.35. The van der Waals surface area contributed by atoms with Gasteiger partial charge in [0.05, 0.1) is 13.2 Å². The topological polar surface area (TPSA) is 35.8 Å². The average Bonchev–Trinajstić information content (AvgIpc) is 2.41. The normalized spacial score (nSPS) is 16.6. The molecule has 3 heteroatoms. The van der Waals surface area contributed by atoms with Crippen molar-refractivity contribution in [3.8, 4) is 0 Å². The van der Waals surface area contributed by atoms with Gasteiger partial charge in [0.15, 0.2) is 0 Å². The average molecular weight is 232 g/mol. The summed E-state index contributed by atoms with van der Waals surface area (Å²) >= 11 is 0. The monoisotopic (exact) mass is 232 g/mol. The Morgan fingerprint density at radius 1 is 1.12 bits per heavy atom. The smallest absolute Gasteiger partial charge is 0.0626 e. The van der Waals surface area contributed by atoms with Crippen molar-refractivity contribution in [2.75, 3.05) is 31.1 Å². The maximum absolute atomic E-state index is 8.64. The van der Waals surface area contributed by atoms with Crippen LogP contribution in [0, 0.1) is 0 Å². The van der Waals surface area contributed by atoms with Crippen LogP contribution in [0.25, 0.3) is 0 Å². The van der Waals surface area contributed by atoms with Crippen molar-refractivity contribution in [1.82, 2.24) is 0 Å². The molecular weight excluding hydrogens is 212 g/mol. The van der Waals surface area contributed by atoms with Gasteiger partial charge in [-0.15, -0.1) is 0 Å². The highest BCUT2D eigenvalue weighted by atomic mass is 16.3. The predicted molar refractivity (Wildman–Crippen MR) is 72.1 cm³/mol. The van der Waals surface area contributed by atoms with Crippen molar-refractivity contribution in [2.24, 2.45) is 4.99 Å². The van der Waals surface area contributed by atoms with Gasteiger partial charge in [0.1, 0.15) is 0 Å². The zero-order valence-corrected chi connectivity index (χ0v) is 10.2. The third-order valence-corrected chi connectivity index (χ3v) is 3.08. The molecule has 0 saturated carbocycles. The van der Waals surface area contributed by atoms with E-state index in [2.05, 4.69) is 34.2 Å². The molecule has 1 heterocycles. The van der Waals surface area contributed by atoms with Gasteiger partial charge in [0, 0.05) is 25.0 Å². The van der Waals surface area contributed by atoms with E-state index in [9.17, 15) is 0 Å². The fraction of sp³-hybridized carbons (Fsp3) is 0.500. The first-order valence-electron chi connectivity index (χ1n) is 6.36. The number of aliphatic hydroxyl groups is 1. The van der Waals surface area contributed by atoms with Crippen LogP contribution in [-0.2, 0) is 0 Å². The number of aliphatic hydroxyl groups excluding tert-OH is 1. The summed E-state index contributed by atoms with van der Waals surface area (Å²) in [4.78, 5) is 6.56. The molecule has 1 aliphatic rings. The minimum Gasteiger partial charge on any atom is -0.394 e. The second-order valence-corrected chi connectivity index (χ2v) is 4.40. The molecule has 1 fully saturated rings.